The van der Waals surface area contributed by atoms with Crippen molar-refractivity contribution >= 4 is 40.7 Å². The summed E-state index contributed by atoms with van der Waals surface area (Å²) in [6, 6.07) is 20.4. The van der Waals surface area contributed by atoms with Gasteiger partial charge in [0.15, 0.2) is 5.66 Å². The fourth-order valence-electron chi connectivity index (χ4n) is 6.47. The largest absolute Gasteiger partial charge is 2.00 e. The van der Waals surface area contributed by atoms with Crippen LogP contribution in [0.25, 0.3) is 0 Å². The van der Waals surface area contributed by atoms with Gasteiger partial charge in [-0.3, -0.25) is 9.79 Å². The zero-order chi connectivity index (χ0) is 33.5. The number of carbonyl (C=O) groups excluding carboxylic acids is 1. The predicted octanol–water partition coefficient (Wildman–Crippen LogP) is 6.32. The first-order valence-corrected chi connectivity index (χ1v) is 16.8. The number of halogens is 1. The first kappa shape index (κ1) is 36.9. The van der Waals surface area contributed by atoms with Crippen molar-refractivity contribution in [3.63, 3.8) is 0 Å². The monoisotopic (exact) mass is 713 g/mol. The first-order valence-electron chi connectivity index (χ1n) is 16.4. The van der Waals surface area contributed by atoms with E-state index in [2.05, 4.69) is 15.3 Å². The van der Waals surface area contributed by atoms with E-state index in [-0.39, 0.29) is 46.7 Å². The molecule has 9 heteroatoms. The summed E-state index contributed by atoms with van der Waals surface area (Å²) in [4.78, 5) is 24.9. The maximum Gasteiger partial charge on any atom is 2.00 e. The van der Waals surface area contributed by atoms with Gasteiger partial charge in [0.2, 0.25) is 0 Å². The van der Waals surface area contributed by atoms with Crippen LogP contribution < -0.4 is 20.4 Å². The van der Waals surface area contributed by atoms with Gasteiger partial charge in [-0.25, -0.2) is 0 Å². The third-order valence-electron chi connectivity index (χ3n) is 8.97. The van der Waals surface area contributed by atoms with Crippen molar-refractivity contribution in [1.29, 1.82) is 0 Å². The Morgan fingerprint density at radius 3 is 2.22 bits per heavy atom. The molecular weight excluding hydrogens is 676 g/mol. The molecule has 7 nitrogen and oxygen atoms in total. The summed E-state index contributed by atoms with van der Waals surface area (Å²) in [5.74, 6) is -1.31. The van der Waals surface area contributed by atoms with Gasteiger partial charge < -0.3 is 25.4 Å². The second kappa shape index (κ2) is 17.1. The molecule has 0 bridgehead atoms. The Bertz CT molecular complexity index is 1610. The number of fused-ring (bicyclic) bond motifs is 1. The third kappa shape index (κ3) is 8.89. The minimum absolute atomic E-state index is 0. The summed E-state index contributed by atoms with van der Waals surface area (Å²) in [6.07, 6.45) is 22.7. The molecular formula is C40H38ClFeN4O3. The van der Waals surface area contributed by atoms with Crippen LogP contribution in [-0.4, -0.2) is 29.8 Å². The molecule has 7 rings (SSSR count). The van der Waals surface area contributed by atoms with Gasteiger partial charge in [-0.05, 0) is 137 Å². The van der Waals surface area contributed by atoms with Gasteiger partial charge in [0.05, 0.1) is 6.04 Å². The summed E-state index contributed by atoms with van der Waals surface area (Å²) in [6.45, 7) is 1.84. The zero-order valence-electron chi connectivity index (χ0n) is 27.2. The number of aliphatic imine (C=N–C) groups is 2. The van der Waals surface area contributed by atoms with Crippen LogP contribution >= 0.6 is 11.6 Å². The molecule has 0 aromatic heterocycles. The average molecular weight is 714 g/mol. The molecule has 9 radical (unpaired) electrons. The Hall–Kier alpha value is -3.32. The summed E-state index contributed by atoms with van der Waals surface area (Å²) < 4.78 is 0. The number of nitrogens with one attached hydrogen (secondary N) is 1. The van der Waals surface area contributed by atoms with E-state index in [1.807, 2.05) is 95.0 Å². The molecule has 3 saturated carbocycles. The normalized spacial score (nSPS) is 21.7. The van der Waals surface area contributed by atoms with Crippen LogP contribution in [0.2, 0.25) is 5.02 Å². The van der Waals surface area contributed by atoms with E-state index in [0.717, 1.165) is 37.7 Å². The standard InChI is InChI=1S/C35H35ClN4O3.C5H5.Fe/c1-35(38-30-17-8-7-16-29(30)32(41)39-35)25-18-20-28(21-19-25)40(34(43)24-12-9-13-26(36)22-24)31(23-10-5-6-11-23)33(42)37-27-14-3-2-4-15-27;1-2-4-5-3-1;/h5-13,16-23,27,31,38H,2-4,14-15H2,1H3,(H,37,42)(H,39,41);1-5H;/q;;+2/p-2. The number of rotatable bonds is 7. The van der Waals surface area contributed by atoms with Gasteiger partial charge >= 0.3 is 17.1 Å². The quantitative estimate of drug-likeness (QED) is 0.176. The van der Waals surface area contributed by atoms with Crippen molar-refractivity contribution in [3.05, 3.63) is 152 Å². The molecule has 0 spiro atoms. The average Bonchev–Trinajstić information content (AvgIpc) is 3.86. The smallest absolute Gasteiger partial charge is 0.861 e. The summed E-state index contributed by atoms with van der Waals surface area (Å²) in [5.41, 5.74) is 1.87. The molecule has 1 amide bonds. The van der Waals surface area contributed by atoms with Crippen LogP contribution in [0.3, 0.4) is 0 Å². The Morgan fingerprint density at radius 1 is 0.918 bits per heavy atom. The van der Waals surface area contributed by atoms with E-state index in [9.17, 15) is 15.0 Å². The van der Waals surface area contributed by atoms with Crippen LogP contribution in [0.15, 0.2) is 82.8 Å². The molecule has 3 aromatic rings. The van der Waals surface area contributed by atoms with Crippen LogP contribution in [-0.2, 0) is 22.7 Å². The topological polar surface area (TPSA) is 103 Å². The summed E-state index contributed by atoms with van der Waals surface area (Å²) in [7, 11) is 0. The van der Waals surface area contributed by atoms with Gasteiger partial charge in [0, 0.05) is 33.6 Å². The molecule has 4 aliphatic rings. The summed E-state index contributed by atoms with van der Waals surface area (Å²) in [5, 5.41) is 30.7. The Kier molecular flexibility index (Phi) is 12.9. The van der Waals surface area contributed by atoms with Gasteiger partial charge in [-0.1, -0.05) is 67.3 Å². The van der Waals surface area contributed by atoms with Gasteiger partial charge in [0.25, 0.3) is 5.91 Å². The predicted molar refractivity (Wildman–Crippen MR) is 189 cm³/mol. The number of para-hydroxylation sites is 1. The molecule has 251 valence electrons. The van der Waals surface area contributed by atoms with Crippen molar-refractivity contribution in [2.75, 3.05) is 10.2 Å². The van der Waals surface area contributed by atoms with Crippen LogP contribution in [0.4, 0.5) is 11.4 Å². The van der Waals surface area contributed by atoms with E-state index in [1.54, 1.807) is 47.4 Å². The van der Waals surface area contributed by atoms with Crippen LogP contribution in [0.1, 0.15) is 60.5 Å². The number of hydrogen-bond donors (Lipinski definition) is 1. The van der Waals surface area contributed by atoms with E-state index in [4.69, 9.17) is 11.6 Å². The Balaban J connectivity index is 0.000000717. The fourth-order valence-corrected chi connectivity index (χ4v) is 6.66. The number of amides is 1. The van der Waals surface area contributed by atoms with E-state index < -0.39 is 11.7 Å². The number of hydrogen-bond acceptors (Lipinski definition) is 6. The molecule has 1 N–H and O–H groups in total. The van der Waals surface area contributed by atoms with Crippen LogP contribution in [0.5, 0.6) is 0 Å². The molecule has 0 saturated heterocycles. The summed E-state index contributed by atoms with van der Waals surface area (Å²) >= 11 is 6.28. The molecule has 49 heavy (non-hydrogen) atoms. The SMILES string of the molecule is CC1(c2ccc(N(C(=O)c3cccc(Cl)c3)C(C([O-])=NC3CCCCC3)C3[CH][CH][CH][CH]3)cc2)N=C([O-])c2ccccc2N1.[CH]1[CH][CH][CH][CH]1.[Fe+2]. The van der Waals surface area contributed by atoms with Gasteiger partial charge in [-0.15, -0.1) is 0 Å². The minimum Gasteiger partial charge on any atom is -0.861 e. The number of anilines is 2. The molecule has 2 unspecified atom stereocenters. The Morgan fingerprint density at radius 2 is 1.57 bits per heavy atom. The first-order chi connectivity index (χ1) is 23.3. The van der Waals surface area contributed by atoms with E-state index in [1.165, 1.54) is 0 Å². The molecule has 1 heterocycles. The molecule has 1 aliphatic heterocycles. The maximum absolute atomic E-state index is 14.3. The van der Waals surface area contributed by atoms with Crippen molar-refractivity contribution in [3.8, 4) is 0 Å². The number of benzene rings is 3. The second-order valence-electron chi connectivity index (χ2n) is 12.4. The van der Waals surface area contributed by atoms with E-state index in [0.29, 0.717) is 27.5 Å². The van der Waals surface area contributed by atoms with Crippen molar-refractivity contribution in [2.45, 2.75) is 56.8 Å². The van der Waals surface area contributed by atoms with Gasteiger partial charge in [0.1, 0.15) is 0 Å². The number of carbonyl (C=O) groups is 1. The third-order valence-corrected chi connectivity index (χ3v) is 9.21. The van der Waals surface area contributed by atoms with E-state index >= 15 is 0 Å². The van der Waals surface area contributed by atoms with Crippen molar-refractivity contribution in [2.24, 2.45) is 15.9 Å². The van der Waals surface area contributed by atoms with Gasteiger partial charge in [-0.2, -0.15) is 0 Å². The molecule has 3 fully saturated rings. The minimum atomic E-state index is -1.01. The second-order valence-corrected chi connectivity index (χ2v) is 12.8. The molecule has 3 aromatic carbocycles. The molecule has 3 aliphatic carbocycles. The molecule has 2 atom stereocenters. The number of nitrogens with zero attached hydrogens (tertiary/aromatic N) is 3. The van der Waals surface area contributed by atoms with Crippen molar-refractivity contribution < 1.29 is 32.1 Å². The van der Waals surface area contributed by atoms with Crippen molar-refractivity contribution in [1.82, 2.24) is 0 Å². The zero-order valence-corrected chi connectivity index (χ0v) is 29.0. The fraction of sp³-hybridized carbons (Fsp3) is 0.250. The van der Waals surface area contributed by atoms with Crippen LogP contribution in [0, 0.1) is 63.7 Å². The Labute approximate surface area is 306 Å². The maximum atomic E-state index is 14.3.